The van der Waals surface area contributed by atoms with Crippen LogP contribution in [0.3, 0.4) is 0 Å². The zero-order valence-electron chi connectivity index (χ0n) is 24.9. The van der Waals surface area contributed by atoms with Crippen molar-refractivity contribution < 1.29 is 19.4 Å². The van der Waals surface area contributed by atoms with Crippen LogP contribution in [0.1, 0.15) is 58.4 Å². The Balaban J connectivity index is 1.56. The molecule has 1 atom stereocenters. The summed E-state index contributed by atoms with van der Waals surface area (Å²) in [4.78, 5) is 42.2. The SMILES string of the molecule is CCN(CC)c1ncc(N(CC)C(=S)N2CCCCC2)c(N[C@@H](Cc2ccc(OC(=O)N3CCCC3)cc2)C(=O)O)n1. The van der Waals surface area contributed by atoms with Crippen LogP contribution in [0.15, 0.2) is 30.5 Å². The number of hydrogen-bond acceptors (Lipinski definition) is 8. The Bertz CT molecular complexity index is 1210. The number of carboxylic acids is 1. The second-order valence-corrected chi connectivity index (χ2v) is 11.0. The number of thiocarbonyl (C=S) groups is 1. The normalized spacial score (nSPS) is 15.7. The first kappa shape index (κ1) is 31.3. The molecule has 0 spiro atoms. The van der Waals surface area contributed by atoms with Gasteiger partial charge in [-0.1, -0.05) is 12.1 Å². The fourth-order valence-electron chi connectivity index (χ4n) is 5.35. The van der Waals surface area contributed by atoms with E-state index in [9.17, 15) is 14.7 Å². The van der Waals surface area contributed by atoms with Crippen LogP contribution in [-0.4, -0.2) is 93.9 Å². The lowest BCUT2D eigenvalue weighted by Crippen LogP contribution is -2.46. The van der Waals surface area contributed by atoms with Gasteiger partial charge in [0.25, 0.3) is 0 Å². The zero-order chi connectivity index (χ0) is 30.1. The number of amides is 1. The minimum Gasteiger partial charge on any atom is -0.480 e. The van der Waals surface area contributed by atoms with Crippen molar-refractivity contribution in [3.63, 3.8) is 0 Å². The lowest BCUT2D eigenvalue weighted by Gasteiger charge is -2.36. The Hall–Kier alpha value is -3.67. The Morgan fingerprint density at radius 2 is 1.60 bits per heavy atom. The van der Waals surface area contributed by atoms with E-state index in [0.29, 0.717) is 47.9 Å². The van der Waals surface area contributed by atoms with Crippen molar-refractivity contribution in [2.45, 2.75) is 65.3 Å². The molecule has 42 heavy (non-hydrogen) atoms. The molecule has 1 aromatic carbocycles. The second-order valence-electron chi connectivity index (χ2n) is 10.6. The van der Waals surface area contributed by atoms with Gasteiger partial charge in [0.2, 0.25) is 5.95 Å². The molecular formula is C30H43N7O4S. The third-order valence-electron chi connectivity index (χ3n) is 7.81. The van der Waals surface area contributed by atoms with Crippen molar-refractivity contribution in [2.24, 2.45) is 0 Å². The van der Waals surface area contributed by atoms with E-state index in [1.807, 2.05) is 30.6 Å². The van der Waals surface area contributed by atoms with Crippen molar-refractivity contribution in [2.75, 3.05) is 60.9 Å². The molecule has 1 amide bonds. The lowest BCUT2D eigenvalue weighted by molar-refractivity contribution is -0.137. The number of carboxylic acid groups (broad SMARTS) is 1. The molecule has 12 heteroatoms. The largest absolute Gasteiger partial charge is 0.480 e. The number of benzene rings is 1. The van der Waals surface area contributed by atoms with Crippen LogP contribution in [-0.2, 0) is 11.2 Å². The summed E-state index contributed by atoms with van der Waals surface area (Å²) < 4.78 is 5.50. The average molecular weight is 598 g/mol. The number of rotatable bonds is 11. The maximum atomic E-state index is 12.5. The molecule has 2 fully saturated rings. The molecule has 2 aromatic rings. The molecule has 0 aliphatic carbocycles. The van der Waals surface area contributed by atoms with Gasteiger partial charge in [-0.2, -0.15) is 4.98 Å². The van der Waals surface area contributed by atoms with Crippen molar-refractivity contribution in [3.05, 3.63) is 36.0 Å². The first-order chi connectivity index (χ1) is 20.3. The minimum absolute atomic E-state index is 0.197. The summed E-state index contributed by atoms with van der Waals surface area (Å²) in [6, 6.07) is 6.01. The number of aromatic nitrogens is 2. The van der Waals surface area contributed by atoms with Gasteiger partial charge in [-0.15, -0.1) is 0 Å². The van der Waals surface area contributed by atoms with Crippen molar-refractivity contribution in [1.82, 2.24) is 19.8 Å². The third-order valence-corrected chi connectivity index (χ3v) is 8.29. The number of aliphatic carboxylic acids is 1. The predicted molar refractivity (Wildman–Crippen MR) is 169 cm³/mol. The van der Waals surface area contributed by atoms with Crippen LogP contribution in [0.25, 0.3) is 0 Å². The van der Waals surface area contributed by atoms with E-state index in [0.717, 1.165) is 57.4 Å². The fourth-order valence-corrected chi connectivity index (χ4v) is 5.76. The monoisotopic (exact) mass is 597 g/mol. The number of hydrogen-bond donors (Lipinski definition) is 2. The van der Waals surface area contributed by atoms with Crippen LogP contribution in [0.5, 0.6) is 5.75 Å². The van der Waals surface area contributed by atoms with Crippen LogP contribution >= 0.6 is 12.2 Å². The molecule has 2 aliphatic rings. The number of ether oxygens (including phenoxy) is 1. The molecule has 2 saturated heterocycles. The molecule has 2 N–H and O–H groups in total. The van der Waals surface area contributed by atoms with Crippen LogP contribution in [0.2, 0.25) is 0 Å². The number of piperidine rings is 1. The Morgan fingerprint density at radius 1 is 0.976 bits per heavy atom. The van der Waals surface area contributed by atoms with E-state index in [1.165, 1.54) is 6.42 Å². The highest BCUT2D eigenvalue weighted by Crippen LogP contribution is 2.29. The Kier molecular flexibility index (Phi) is 11.2. The molecular weight excluding hydrogens is 554 g/mol. The highest BCUT2D eigenvalue weighted by molar-refractivity contribution is 7.80. The van der Waals surface area contributed by atoms with E-state index in [4.69, 9.17) is 21.9 Å². The van der Waals surface area contributed by atoms with Gasteiger partial charge in [-0.25, -0.2) is 14.6 Å². The maximum absolute atomic E-state index is 12.5. The molecule has 0 saturated carbocycles. The third kappa shape index (κ3) is 7.78. The quantitative estimate of drug-likeness (QED) is 0.354. The topological polar surface area (TPSA) is 114 Å². The van der Waals surface area contributed by atoms with Gasteiger partial charge >= 0.3 is 12.1 Å². The van der Waals surface area contributed by atoms with E-state index in [-0.39, 0.29) is 12.5 Å². The summed E-state index contributed by atoms with van der Waals surface area (Å²) >= 11 is 5.92. The Labute approximate surface area is 253 Å². The molecule has 0 unspecified atom stereocenters. The average Bonchev–Trinajstić information content (AvgIpc) is 3.55. The van der Waals surface area contributed by atoms with Crippen LogP contribution in [0, 0.1) is 0 Å². The number of nitrogens with one attached hydrogen (secondary N) is 1. The zero-order valence-corrected chi connectivity index (χ0v) is 25.7. The minimum atomic E-state index is -1.00. The maximum Gasteiger partial charge on any atom is 0.415 e. The molecule has 0 bridgehead atoms. The van der Waals surface area contributed by atoms with Gasteiger partial charge < -0.3 is 34.8 Å². The van der Waals surface area contributed by atoms with Gasteiger partial charge in [-0.3, -0.25) is 0 Å². The van der Waals surface area contributed by atoms with Crippen molar-refractivity contribution >= 4 is 46.8 Å². The summed E-state index contributed by atoms with van der Waals surface area (Å²) in [5.41, 5.74) is 1.44. The summed E-state index contributed by atoms with van der Waals surface area (Å²) in [7, 11) is 0. The number of anilines is 3. The molecule has 0 radical (unpaired) electrons. The highest BCUT2D eigenvalue weighted by atomic mass is 32.1. The Morgan fingerprint density at radius 3 is 2.19 bits per heavy atom. The van der Waals surface area contributed by atoms with Gasteiger partial charge in [0.05, 0.1) is 6.20 Å². The summed E-state index contributed by atoms with van der Waals surface area (Å²) in [6.07, 6.45) is 6.95. The molecule has 1 aromatic heterocycles. The second kappa shape index (κ2) is 15.0. The van der Waals surface area contributed by atoms with Gasteiger partial charge in [0.15, 0.2) is 10.9 Å². The number of nitrogens with zero attached hydrogens (tertiary/aromatic N) is 6. The molecule has 11 nitrogen and oxygen atoms in total. The van der Waals surface area contributed by atoms with E-state index < -0.39 is 12.0 Å². The molecule has 228 valence electrons. The number of carbonyl (C=O) groups excluding carboxylic acids is 1. The van der Waals surface area contributed by atoms with Crippen molar-refractivity contribution in [1.29, 1.82) is 0 Å². The molecule has 2 aliphatic heterocycles. The van der Waals surface area contributed by atoms with E-state index in [1.54, 1.807) is 35.4 Å². The fraction of sp³-hybridized carbons (Fsp3) is 0.567. The first-order valence-electron chi connectivity index (χ1n) is 15.1. The van der Waals surface area contributed by atoms with Crippen molar-refractivity contribution in [3.8, 4) is 5.75 Å². The van der Waals surface area contributed by atoms with Gasteiger partial charge in [0.1, 0.15) is 17.5 Å². The van der Waals surface area contributed by atoms with Gasteiger partial charge in [-0.05, 0) is 82.8 Å². The number of carbonyl (C=O) groups is 2. The number of likely N-dealkylation sites (tertiary alicyclic amines) is 2. The highest BCUT2D eigenvalue weighted by Gasteiger charge is 2.27. The first-order valence-corrected chi connectivity index (χ1v) is 15.5. The van der Waals surface area contributed by atoms with Gasteiger partial charge in [0, 0.05) is 52.2 Å². The van der Waals surface area contributed by atoms with E-state index in [2.05, 4.69) is 15.2 Å². The van der Waals surface area contributed by atoms with Crippen LogP contribution < -0.4 is 19.9 Å². The summed E-state index contributed by atoms with van der Waals surface area (Å²) in [6.45, 7) is 11.3. The van der Waals surface area contributed by atoms with E-state index >= 15 is 0 Å². The standard InChI is InChI=1S/C30H43N7O4S/c1-4-34(5-2)28-31-21-25(37(6-3)29(42)35-16-8-7-9-17-35)26(33-28)32-24(27(38)39)20-22-12-14-23(15-13-22)41-30(40)36-18-10-11-19-36/h12-15,21,24H,4-11,16-20H2,1-3H3,(H,38,39)(H,31,32,33)/t24-/m0/s1. The predicted octanol–water partition coefficient (Wildman–Crippen LogP) is 4.62. The smallest absolute Gasteiger partial charge is 0.415 e. The van der Waals surface area contributed by atoms with Crippen LogP contribution in [0.4, 0.5) is 22.2 Å². The lowest BCUT2D eigenvalue weighted by atomic mass is 10.1. The summed E-state index contributed by atoms with van der Waals surface area (Å²) in [5, 5.41) is 14.1. The molecule has 3 heterocycles. The summed E-state index contributed by atoms with van der Waals surface area (Å²) in [5.74, 6) is 0.383. The molecule has 4 rings (SSSR count).